The number of halogens is 3. The van der Waals surface area contributed by atoms with Crippen molar-refractivity contribution in [1.29, 1.82) is 0 Å². The lowest BCUT2D eigenvalue weighted by Gasteiger charge is -2.41. The van der Waals surface area contributed by atoms with Gasteiger partial charge in [-0.1, -0.05) is 42.8 Å². The number of carbonyl (C=O) groups excluding carboxylic acids is 1. The van der Waals surface area contributed by atoms with E-state index < -0.39 is 40.0 Å². The van der Waals surface area contributed by atoms with Gasteiger partial charge in [0.1, 0.15) is 0 Å². The molecule has 2 aliphatic rings. The standard InChI is InChI=1S/C21H27F3N2O3S/c1-30(28,29)13-11-18(15-8-5-9-15)25-20(27)26-12-10-17(21(22,23)24)14-19(26)16-6-3-2-4-7-16/h2-4,6-7,11,13,15,17-19H,5,8-10,12,14H2,1H3,(H,25,27)/b13-11+/t17-,18+,19+/m0/s1. The van der Waals surface area contributed by atoms with Crippen LogP contribution in [0, 0.1) is 11.8 Å². The lowest BCUT2D eigenvalue weighted by atomic mass is 9.79. The molecule has 3 atom stereocenters. The highest BCUT2D eigenvalue weighted by Gasteiger charge is 2.46. The summed E-state index contributed by atoms with van der Waals surface area (Å²) in [5.41, 5.74) is 0.661. The summed E-state index contributed by atoms with van der Waals surface area (Å²) in [4.78, 5) is 14.5. The number of sulfone groups is 1. The molecule has 1 aromatic rings. The van der Waals surface area contributed by atoms with Crippen molar-refractivity contribution < 1.29 is 26.4 Å². The summed E-state index contributed by atoms with van der Waals surface area (Å²) in [5.74, 6) is -1.32. The van der Waals surface area contributed by atoms with Crippen molar-refractivity contribution in [2.24, 2.45) is 11.8 Å². The van der Waals surface area contributed by atoms with Crippen molar-refractivity contribution in [3.63, 3.8) is 0 Å². The van der Waals surface area contributed by atoms with Crippen molar-refractivity contribution in [3.8, 4) is 0 Å². The van der Waals surface area contributed by atoms with Crippen LogP contribution in [-0.2, 0) is 9.84 Å². The van der Waals surface area contributed by atoms with Crippen LogP contribution in [0.5, 0.6) is 0 Å². The Bertz CT molecular complexity index is 867. The molecule has 5 nitrogen and oxygen atoms in total. The fraction of sp³-hybridized carbons (Fsp3) is 0.571. The summed E-state index contributed by atoms with van der Waals surface area (Å²) in [5, 5.41) is 3.95. The number of nitrogens with zero attached hydrogens (tertiary/aromatic N) is 1. The summed E-state index contributed by atoms with van der Waals surface area (Å²) in [6, 6.07) is 7.13. The number of hydrogen-bond acceptors (Lipinski definition) is 3. The second kappa shape index (κ2) is 8.99. The first-order valence-corrected chi connectivity index (χ1v) is 12.1. The van der Waals surface area contributed by atoms with E-state index in [4.69, 9.17) is 0 Å². The van der Waals surface area contributed by atoms with Crippen LogP contribution in [0.2, 0.25) is 0 Å². The van der Waals surface area contributed by atoms with Gasteiger partial charge in [-0.25, -0.2) is 13.2 Å². The molecule has 1 saturated carbocycles. The summed E-state index contributed by atoms with van der Waals surface area (Å²) < 4.78 is 63.1. The van der Waals surface area contributed by atoms with Gasteiger partial charge >= 0.3 is 12.2 Å². The smallest absolute Gasteiger partial charge is 0.331 e. The molecule has 0 unspecified atom stereocenters. The number of urea groups is 1. The molecule has 1 aliphatic heterocycles. The number of piperidine rings is 1. The van der Waals surface area contributed by atoms with Gasteiger partial charge < -0.3 is 10.2 Å². The predicted molar refractivity (Wildman–Crippen MR) is 108 cm³/mol. The van der Waals surface area contributed by atoms with Gasteiger partial charge in [-0.05, 0) is 37.2 Å². The summed E-state index contributed by atoms with van der Waals surface area (Å²) in [6.45, 7) is -0.0112. The first kappa shape index (κ1) is 22.7. The number of nitrogens with one attached hydrogen (secondary N) is 1. The molecule has 2 fully saturated rings. The van der Waals surface area contributed by atoms with E-state index >= 15 is 0 Å². The first-order chi connectivity index (χ1) is 14.0. The van der Waals surface area contributed by atoms with Gasteiger partial charge in [0.2, 0.25) is 0 Å². The molecule has 1 heterocycles. The minimum atomic E-state index is -4.30. The average Bonchev–Trinajstić information content (AvgIpc) is 2.63. The zero-order valence-corrected chi connectivity index (χ0v) is 17.6. The quantitative estimate of drug-likeness (QED) is 0.730. The SMILES string of the molecule is CS(=O)(=O)/C=C/[C@@H](NC(=O)N1CC[C@H](C(F)(F)F)C[C@@H]1c1ccccc1)C1CCC1. The van der Waals surface area contributed by atoms with Crippen LogP contribution >= 0.6 is 0 Å². The van der Waals surface area contributed by atoms with Gasteiger partial charge in [-0.3, -0.25) is 0 Å². The number of likely N-dealkylation sites (tertiary alicyclic amines) is 1. The second-order valence-electron chi connectivity index (χ2n) is 8.21. The molecular weight excluding hydrogens is 417 g/mol. The molecular formula is C21H27F3N2O3S. The third-order valence-electron chi connectivity index (χ3n) is 5.99. The molecule has 2 amide bonds. The van der Waals surface area contributed by atoms with Crippen LogP contribution in [0.25, 0.3) is 0 Å². The Kier molecular flexibility index (Phi) is 6.79. The van der Waals surface area contributed by atoms with Gasteiger partial charge in [0.15, 0.2) is 9.84 Å². The van der Waals surface area contributed by atoms with Gasteiger partial charge in [-0.2, -0.15) is 13.2 Å². The third kappa shape index (κ3) is 5.77. The minimum Gasteiger partial charge on any atom is -0.331 e. The highest BCUT2D eigenvalue weighted by atomic mass is 32.2. The Balaban J connectivity index is 1.80. The van der Waals surface area contributed by atoms with Crippen LogP contribution < -0.4 is 5.32 Å². The highest BCUT2D eigenvalue weighted by Crippen LogP contribution is 2.42. The Morgan fingerprint density at radius 1 is 1.20 bits per heavy atom. The van der Waals surface area contributed by atoms with E-state index in [0.717, 1.165) is 30.9 Å². The molecule has 0 bridgehead atoms. The van der Waals surface area contributed by atoms with Gasteiger partial charge in [0, 0.05) is 18.2 Å². The predicted octanol–water partition coefficient (Wildman–Crippen LogP) is 4.44. The van der Waals surface area contributed by atoms with Gasteiger partial charge in [0.05, 0.1) is 18.0 Å². The normalized spacial score (nSPS) is 24.5. The maximum absolute atomic E-state index is 13.4. The van der Waals surface area contributed by atoms with Crippen LogP contribution in [-0.4, -0.2) is 44.4 Å². The molecule has 0 spiro atoms. The molecule has 30 heavy (non-hydrogen) atoms. The molecule has 1 saturated heterocycles. The minimum absolute atomic E-state index is 0.0112. The maximum atomic E-state index is 13.4. The monoisotopic (exact) mass is 444 g/mol. The van der Waals surface area contributed by atoms with E-state index in [0.29, 0.717) is 5.56 Å². The Hall–Kier alpha value is -2.03. The van der Waals surface area contributed by atoms with Crippen LogP contribution in [0.4, 0.5) is 18.0 Å². The van der Waals surface area contributed by atoms with E-state index in [2.05, 4.69) is 5.32 Å². The number of hydrogen-bond donors (Lipinski definition) is 1. The third-order valence-corrected chi connectivity index (χ3v) is 6.64. The van der Waals surface area contributed by atoms with Gasteiger partial charge in [-0.15, -0.1) is 0 Å². The van der Waals surface area contributed by atoms with Crippen LogP contribution in [0.3, 0.4) is 0 Å². The Morgan fingerprint density at radius 2 is 1.87 bits per heavy atom. The average molecular weight is 445 g/mol. The lowest BCUT2D eigenvalue weighted by molar-refractivity contribution is -0.188. The van der Waals surface area contributed by atoms with E-state index in [1.54, 1.807) is 30.3 Å². The summed E-state index contributed by atoms with van der Waals surface area (Å²) >= 11 is 0. The topological polar surface area (TPSA) is 66.5 Å². The number of alkyl halides is 3. The van der Waals surface area contributed by atoms with E-state index in [1.807, 2.05) is 0 Å². The number of carbonyl (C=O) groups is 1. The summed E-state index contributed by atoms with van der Waals surface area (Å²) in [7, 11) is -3.35. The van der Waals surface area contributed by atoms with Crippen LogP contribution in [0.15, 0.2) is 41.8 Å². The van der Waals surface area contributed by atoms with Crippen LogP contribution in [0.1, 0.15) is 43.7 Å². The van der Waals surface area contributed by atoms with Gasteiger partial charge in [0.25, 0.3) is 0 Å². The second-order valence-corrected chi connectivity index (χ2v) is 10.1. The largest absolute Gasteiger partial charge is 0.391 e. The lowest BCUT2D eigenvalue weighted by Crippen LogP contribution is -2.52. The fourth-order valence-corrected chi connectivity index (χ4v) is 4.53. The van der Waals surface area contributed by atoms with Crippen molar-refractivity contribution >= 4 is 15.9 Å². The fourth-order valence-electron chi connectivity index (χ4n) is 4.07. The molecule has 1 N–H and O–H groups in total. The maximum Gasteiger partial charge on any atom is 0.391 e. The molecule has 1 aromatic carbocycles. The summed E-state index contributed by atoms with van der Waals surface area (Å²) in [6.07, 6.45) is 0.680. The van der Waals surface area contributed by atoms with E-state index in [-0.39, 0.29) is 25.3 Å². The van der Waals surface area contributed by atoms with E-state index in [1.165, 1.54) is 11.0 Å². The molecule has 3 rings (SSSR count). The van der Waals surface area contributed by atoms with Crippen molar-refractivity contribution in [2.45, 2.75) is 50.4 Å². The number of rotatable bonds is 5. The first-order valence-electron chi connectivity index (χ1n) is 10.1. The molecule has 166 valence electrons. The zero-order valence-electron chi connectivity index (χ0n) is 16.8. The highest BCUT2D eigenvalue weighted by molar-refractivity contribution is 7.93. The Labute approximate surface area is 175 Å². The van der Waals surface area contributed by atoms with Crippen molar-refractivity contribution in [2.75, 3.05) is 12.8 Å². The molecule has 9 heteroatoms. The molecule has 1 aliphatic carbocycles. The molecule has 0 aromatic heterocycles. The number of benzene rings is 1. The molecule has 0 radical (unpaired) electrons. The van der Waals surface area contributed by atoms with Crippen molar-refractivity contribution in [1.82, 2.24) is 10.2 Å². The van der Waals surface area contributed by atoms with E-state index in [9.17, 15) is 26.4 Å². The van der Waals surface area contributed by atoms with Crippen molar-refractivity contribution in [3.05, 3.63) is 47.4 Å². The number of amides is 2. The zero-order chi connectivity index (χ0) is 21.9. The Morgan fingerprint density at radius 3 is 2.40 bits per heavy atom.